The fraction of sp³-hybridized carbons (Fsp3) is 0.857. The van der Waals surface area contributed by atoms with Gasteiger partial charge in [-0.1, -0.05) is 19.8 Å². The van der Waals surface area contributed by atoms with E-state index in [2.05, 4.69) is 19.8 Å². The zero-order valence-corrected chi connectivity index (χ0v) is 14.6. The van der Waals surface area contributed by atoms with E-state index in [0.29, 0.717) is 29.0 Å². The van der Waals surface area contributed by atoms with Gasteiger partial charge in [-0.15, -0.1) is 6.42 Å². The van der Waals surface area contributed by atoms with Crippen molar-refractivity contribution in [2.75, 3.05) is 0 Å². The van der Waals surface area contributed by atoms with Crippen LogP contribution in [0.15, 0.2) is 0 Å². The predicted molar refractivity (Wildman–Crippen MR) is 90.5 cm³/mol. The van der Waals surface area contributed by atoms with Crippen molar-refractivity contribution in [3.05, 3.63) is 0 Å². The Bertz CT molecular complexity index is 575. The van der Waals surface area contributed by atoms with E-state index in [4.69, 9.17) is 6.42 Å². The first-order chi connectivity index (χ1) is 10.8. The Labute approximate surface area is 140 Å². The fourth-order valence-corrected chi connectivity index (χ4v) is 7.30. The Kier molecular flexibility index (Phi) is 3.31. The second-order valence-electron chi connectivity index (χ2n) is 9.40. The first-order valence-electron chi connectivity index (χ1n) is 9.56. The molecule has 4 saturated carbocycles. The molecule has 0 aromatic rings. The van der Waals surface area contributed by atoms with Crippen LogP contribution in [0, 0.1) is 46.8 Å². The molecule has 0 bridgehead atoms. The zero-order chi connectivity index (χ0) is 16.5. The summed E-state index contributed by atoms with van der Waals surface area (Å²) in [5.74, 6) is 5.83. The van der Waals surface area contributed by atoms with Crippen molar-refractivity contribution in [3.8, 4) is 12.3 Å². The smallest absolute Gasteiger partial charge is 0.133 e. The first-order valence-corrected chi connectivity index (χ1v) is 9.56. The molecular formula is C21H30O2. The predicted octanol–water partition coefficient (Wildman–Crippen LogP) is 3.96. The van der Waals surface area contributed by atoms with Gasteiger partial charge in [0.2, 0.25) is 0 Å². The molecule has 0 saturated heterocycles. The molecule has 0 aliphatic heterocycles. The molecule has 0 spiro atoms. The minimum Gasteiger partial charge on any atom is -0.377 e. The normalized spacial score (nSPS) is 55.5. The molecule has 1 N–H and O–H groups in total. The summed E-state index contributed by atoms with van der Waals surface area (Å²) in [6.45, 7) is 4.71. The van der Waals surface area contributed by atoms with Crippen LogP contribution in [0.5, 0.6) is 0 Å². The Morgan fingerprint density at radius 3 is 2.57 bits per heavy atom. The third-order valence-corrected chi connectivity index (χ3v) is 8.87. The maximum atomic E-state index is 11.9. The number of hydrogen-bond donors (Lipinski definition) is 1. The van der Waals surface area contributed by atoms with Crippen LogP contribution in [-0.2, 0) is 4.79 Å². The zero-order valence-electron chi connectivity index (χ0n) is 14.6. The van der Waals surface area contributed by atoms with Gasteiger partial charge in [0.1, 0.15) is 11.4 Å². The number of ketones is 1. The van der Waals surface area contributed by atoms with Crippen LogP contribution in [0.25, 0.3) is 0 Å². The van der Waals surface area contributed by atoms with Crippen molar-refractivity contribution >= 4 is 5.78 Å². The second kappa shape index (κ2) is 4.85. The molecule has 4 aliphatic carbocycles. The first kappa shape index (κ1) is 15.7. The van der Waals surface area contributed by atoms with Gasteiger partial charge in [-0.2, -0.15) is 0 Å². The highest BCUT2D eigenvalue weighted by molar-refractivity contribution is 5.79. The van der Waals surface area contributed by atoms with Crippen LogP contribution in [0.1, 0.15) is 71.6 Å². The summed E-state index contributed by atoms with van der Waals surface area (Å²) in [7, 11) is 0. The molecule has 126 valence electrons. The number of carbonyl (C=O) groups excluding carboxylic acids is 1. The maximum Gasteiger partial charge on any atom is 0.133 e. The van der Waals surface area contributed by atoms with E-state index < -0.39 is 5.60 Å². The van der Waals surface area contributed by atoms with Gasteiger partial charge in [0.05, 0.1) is 0 Å². The number of Topliss-reactive ketones (excluding diaryl/α,β-unsaturated/α-hetero) is 1. The number of terminal acetylenes is 1. The lowest BCUT2D eigenvalue weighted by Gasteiger charge is -2.60. The number of hydrogen-bond acceptors (Lipinski definition) is 2. The van der Waals surface area contributed by atoms with Crippen molar-refractivity contribution in [2.24, 2.45) is 34.5 Å². The highest BCUT2D eigenvalue weighted by atomic mass is 16.3. The van der Waals surface area contributed by atoms with Gasteiger partial charge >= 0.3 is 0 Å². The molecule has 23 heavy (non-hydrogen) atoms. The van der Waals surface area contributed by atoms with Crippen LogP contribution in [0.3, 0.4) is 0 Å². The van der Waals surface area contributed by atoms with Crippen molar-refractivity contribution in [3.63, 3.8) is 0 Å². The Balaban J connectivity index is 1.66. The minimum absolute atomic E-state index is 0.101. The molecule has 0 aromatic carbocycles. The lowest BCUT2D eigenvalue weighted by atomic mass is 9.44. The molecule has 4 fully saturated rings. The molecule has 4 rings (SSSR count). The number of aliphatic hydroxyl groups is 1. The summed E-state index contributed by atoms with van der Waals surface area (Å²) in [4.78, 5) is 11.9. The minimum atomic E-state index is -0.900. The molecule has 0 aromatic heterocycles. The van der Waals surface area contributed by atoms with Crippen molar-refractivity contribution in [2.45, 2.75) is 77.2 Å². The largest absolute Gasteiger partial charge is 0.377 e. The second-order valence-corrected chi connectivity index (χ2v) is 9.40. The van der Waals surface area contributed by atoms with E-state index in [1.54, 1.807) is 0 Å². The van der Waals surface area contributed by atoms with Gasteiger partial charge in [0.25, 0.3) is 0 Å². The molecule has 0 heterocycles. The molecule has 7 atom stereocenters. The fourth-order valence-electron chi connectivity index (χ4n) is 7.30. The van der Waals surface area contributed by atoms with Gasteiger partial charge in [-0.05, 0) is 74.0 Å². The topological polar surface area (TPSA) is 37.3 Å². The summed E-state index contributed by atoms with van der Waals surface area (Å²) in [5.41, 5.74) is -0.658. The van der Waals surface area contributed by atoms with Crippen molar-refractivity contribution < 1.29 is 9.90 Å². The summed E-state index contributed by atoms with van der Waals surface area (Å²) >= 11 is 0. The van der Waals surface area contributed by atoms with Gasteiger partial charge in [0, 0.05) is 18.3 Å². The monoisotopic (exact) mass is 314 g/mol. The van der Waals surface area contributed by atoms with E-state index in [1.165, 1.54) is 19.3 Å². The van der Waals surface area contributed by atoms with Crippen LogP contribution >= 0.6 is 0 Å². The maximum absolute atomic E-state index is 11.9. The molecule has 4 aliphatic rings. The average Bonchev–Trinajstić information content (AvgIpc) is 2.80. The van der Waals surface area contributed by atoms with Crippen LogP contribution < -0.4 is 0 Å². The lowest BCUT2D eigenvalue weighted by Crippen LogP contribution is -2.56. The van der Waals surface area contributed by atoms with Gasteiger partial charge in [-0.25, -0.2) is 0 Å². The highest BCUT2D eigenvalue weighted by Crippen LogP contribution is 2.67. The lowest BCUT2D eigenvalue weighted by molar-refractivity contribution is -0.147. The number of fused-ring (bicyclic) bond motifs is 5. The molecule has 0 radical (unpaired) electrons. The van der Waals surface area contributed by atoms with Crippen molar-refractivity contribution in [1.82, 2.24) is 0 Å². The quantitative estimate of drug-likeness (QED) is 0.687. The van der Waals surface area contributed by atoms with Crippen molar-refractivity contribution in [1.29, 1.82) is 0 Å². The third kappa shape index (κ3) is 1.89. The Morgan fingerprint density at radius 2 is 1.83 bits per heavy atom. The van der Waals surface area contributed by atoms with E-state index >= 15 is 0 Å². The number of rotatable bonds is 0. The Hall–Kier alpha value is -0.810. The Morgan fingerprint density at radius 1 is 1.09 bits per heavy atom. The van der Waals surface area contributed by atoms with Crippen LogP contribution in [-0.4, -0.2) is 16.5 Å². The highest BCUT2D eigenvalue weighted by Gasteiger charge is 2.64. The van der Waals surface area contributed by atoms with Gasteiger partial charge in [-0.3, -0.25) is 4.79 Å². The third-order valence-electron chi connectivity index (χ3n) is 8.87. The van der Waals surface area contributed by atoms with Gasteiger partial charge in [0.15, 0.2) is 0 Å². The van der Waals surface area contributed by atoms with E-state index in [0.717, 1.165) is 44.4 Å². The van der Waals surface area contributed by atoms with Crippen LogP contribution in [0.2, 0.25) is 0 Å². The molecule has 0 unspecified atom stereocenters. The van der Waals surface area contributed by atoms with Gasteiger partial charge < -0.3 is 5.11 Å². The number of carbonyl (C=O) groups is 1. The van der Waals surface area contributed by atoms with E-state index in [1.807, 2.05) is 0 Å². The summed E-state index contributed by atoms with van der Waals surface area (Å²) in [5, 5.41) is 11.0. The molecule has 2 heteroatoms. The molecular weight excluding hydrogens is 284 g/mol. The van der Waals surface area contributed by atoms with Crippen LogP contribution in [0.4, 0.5) is 0 Å². The average molecular weight is 314 g/mol. The summed E-state index contributed by atoms with van der Waals surface area (Å²) in [6, 6.07) is 0. The van der Waals surface area contributed by atoms with E-state index in [9.17, 15) is 9.90 Å². The summed E-state index contributed by atoms with van der Waals surface area (Å²) in [6.07, 6.45) is 14.9. The summed E-state index contributed by atoms with van der Waals surface area (Å²) < 4.78 is 0. The van der Waals surface area contributed by atoms with E-state index in [-0.39, 0.29) is 5.41 Å². The molecule has 2 nitrogen and oxygen atoms in total. The SMILES string of the molecule is C#C[C@@]1(O)CC[C@@H]2[C@H]3CC[C@@H]4CC(=O)CC[C@@]4(C)[C@H]3CC[C@]21C. The molecule has 0 amide bonds. The standard InChI is InChI=1S/C21H30O2/c1-4-21(23)12-9-18-16-6-5-14-13-15(22)7-10-19(14,2)17(16)8-11-20(18,21)3/h1,14,16-18,23H,5-13H2,2-3H3/t14-,16+,17+,18-,19-,20-,21-/m1/s1.